The van der Waals surface area contributed by atoms with E-state index in [1.165, 1.54) is 0 Å². The molecule has 0 spiro atoms. The van der Waals surface area contributed by atoms with Crippen molar-refractivity contribution in [3.63, 3.8) is 0 Å². The van der Waals surface area contributed by atoms with Crippen molar-refractivity contribution in [2.45, 2.75) is 20.4 Å². The maximum Gasteiger partial charge on any atom is 0.348 e. The van der Waals surface area contributed by atoms with Crippen molar-refractivity contribution in [2.24, 2.45) is 0 Å². The van der Waals surface area contributed by atoms with Crippen LogP contribution in [0.1, 0.15) is 17.0 Å². The average molecular weight is 269 g/mol. The lowest BCUT2D eigenvalue weighted by atomic mass is 10.2. The highest BCUT2D eigenvalue weighted by Gasteiger charge is 2.03. The lowest BCUT2D eigenvalue weighted by molar-refractivity contribution is 0.294. The summed E-state index contributed by atoms with van der Waals surface area (Å²) in [7, 11) is 0. The molecule has 0 atom stereocenters. The molecule has 102 valence electrons. The van der Waals surface area contributed by atoms with E-state index in [1.54, 1.807) is 35.8 Å². The van der Waals surface area contributed by atoms with E-state index in [-0.39, 0.29) is 5.69 Å². The molecule has 0 aliphatic rings. The molecule has 0 aliphatic heterocycles. The summed E-state index contributed by atoms with van der Waals surface area (Å²) in [6.07, 6.45) is 0. The Bertz CT molecular complexity index is 697. The summed E-state index contributed by atoms with van der Waals surface area (Å²) < 4.78 is 7.13. The summed E-state index contributed by atoms with van der Waals surface area (Å²) in [5.41, 5.74) is 1.92. The molecule has 1 aromatic heterocycles. The SMILES string of the molecule is Cc1cc(C)n(CCOc2ccc(C#N)cc2)c(=O)n1. The normalized spacial score (nSPS) is 10.1. The van der Waals surface area contributed by atoms with Gasteiger partial charge in [0.15, 0.2) is 0 Å². The van der Waals surface area contributed by atoms with E-state index in [0.717, 1.165) is 11.4 Å². The first kappa shape index (κ1) is 13.8. The second-order valence-electron chi connectivity index (χ2n) is 4.46. The van der Waals surface area contributed by atoms with Crippen LogP contribution < -0.4 is 10.4 Å². The van der Waals surface area contributed by atoms with Crippen LogP contribution in [0.5, 0.6) is 5.75 Å². The van der Waals surface area contributed by atoms with Crippen LogP contribution in [0.15, 0.2) is 35.1 Å². The van der Waals surface area contributed by atoms with Crippen LogP contribution in [0, 0.1) is 25.2 Å². The lowest BCUT2D eigenvalue weighted by Gasteiger charge is -2.11. The van der Waals surface area contributed by atoms with Crippen LogP contribution in [0.3, 0.4) is 0 Å². The van der Waals surface area contributed by atoms with E-state index in [2.05, 4.69) is 4.98 Å². The largest absolute Gasteiger partial charge is 0.492 e. The average Bonchev–Trinajstić information content (AvgIpc) is 2.42. The minimum Gasteiger partial charge on any atom is -0.492 e. The Hall–Kier alpha value is -2.61. The van der Waals surface area contributed by atoms with Crippen molar-refractivity contribution in [2.75, 3.05) is 6.61 Å². The van der Waals surface area contributed by atoms with Crippen molar-refractivity contribution < 1.29 is 4.74 Å². The molecule has 5 heteroatoms. The molecule has 2 aromatic rings. The van der Waals surface area contributed by atoms with Gasteiger partial charge in [-0.3, -0.25) is 4.57 Å². The van der Waals surface area contributed by atoms with Crippen molar-refractivity contribution in [3.8, 4) is 11.8 Å². The highest BCUT2D eigenvalue weighted by atomic mass is 16.5. The molecule has 0 saturated heterocycles. The number of hydrogen-bond donors (Lipinski definition) is 0. The number of aromatic nitrogens is 2. The molecular weight excluding hydrogens is 254 g/mol. The van der Waals surface area contributed by atoms with Crippen LogP contribution in [0.25, 0.3) is 0 Å². The van der Waals surface area contributed by atoms with E-state index in [0.29, 0.717) is 24.5 Å². The molecule has 2 rings (SSSR count). The predicted molar refractivity (Wildman–Crippen MR) is 74.6 cm³/mol. The zero-order chi connectivity index (χ0) is 14.5. The van der Waals surface area contributed by atoms with Gasteiger partial charge in [-0.2, -0.15) is 10.2 Å². The molecular formula is C15H15N3O2. The number of nitriles is 1. The monoisotopic (exact) mass is 269 g/mol. The zero-order valence-electron chi connectivity index (χ0n) is 11.5. The first-order valence-electron chi connectivity index (χ1n) is 6.28. The molecule has 5 nitrogen and oxygen atoms in total. The van der Waals surface area contributed by atoms with Crippen LogP contribution in [0.2, 0.25) is 0 Å². The van der Waals surface area contributed by atoms with E-state index < -0.39 is 0 Å². The van der Waals surface area contributed by atoms with Gasteiger partial charge in [0, 0.05) is 11.4 Å². The fourth-order valence-electron chi connectivity index (χ4n) is 1.93. The van der Waals surface area contributed by atoms with Gasteiger partial charge in [0.05, 0.1) is 18.2 Å². The van der Waals surface area contributed by atoms with E-state index in [4.69, 9.17) is 10.00 Å². The van der Waals surface area contributed by atoms with Gasteiger partial charge in [-0.05, 0) is 44.2 Å². The third kappa shape index (κ3) is 3.23. The van der Waals surface area contributed by atoms with Gasteiger partial charge in [-0.25, -0.2) is 4.79 Å². The maximum atomic E-state index is 11.7. The number of nitrogens with zero attached hydrogens (tertiary/aromatic N) is 3. The van der Waals surface area contributed by atoms with Gasteiger partial charge in [0.25, 0.3) is 0 Å². The maximum absolute atomic E-state index is 11.7. The quantitative estimate of drug-likeness (QED) is 0.849. The fraction of sp³-hybridized carbons (Fsp3) is 0.267. The Morgan fingerprint density at radius 2 is 2.00 bits per heavy atom. The minimum atomic E-state index is -0.258. The standard InChI is InChI=1S/C15H15N3O2/c1-11-9-12(2)18(15(19)17-11)7-8-20-14-5-3-13(10-16)4-6-14/h3-6,9H,7-8H2,1-2H3. The fourth-order valence-corrected chi connectivity index (χ4v) is 1.93. The number of ether oxygens (including phenoxy) is 1. The molecule has 0 fully saturated rings. The molecule has 0 bridgehead atoms. The molecule has 0 N–H and O–H groups in total. The molecule has 0 unspecified atom stereocenters. The van der Waals surface area contributed by atoms with Gasteiger partial charge in [-0.15, -0.1) is 0 Å². The Morgan fingerprint density at radius 3 is 2.60 bits per heavy atom. The summed E-state index contributed by atoms with van der Waals surface area (Å²) in [5.74, 6) is 0.676. The van der Waals surface area contributed by atoms with Crippen molar-refractivity contribution in [1.29, 1.82) is 5.26 Å². The number of rotatable bonds is 4. The molecule has 1 aromatic carbocycles. The van der Waals surface area contributed by atoms with Gasteiger partial charge in [-0.1, -0.05) is 0 Å². The molecule has 0 radical (unpaired) electrons. The summed E-state index contributed by atoms with van der Waals surface area (Å²) in [4.78, 5) is 15.6. The zero-order valence-corrected chi connectivity index (χ0v) is 11.5. The molecule has 0 amide bonds. The first-order chi connectivity index (χ1) is 9.60. The summed E-state index contributed by atoms with van der Waals surface area (Å²) in [6, 6.07) is 10.8. The highest BCUT2D eigenvalue weighted by Crippen LogP contribution is 2.11. The molecule has 1 heterocycles. The molecule has 20 heavy (non-hydrogen) atoms. The Labute approximate surface area is 117 Å². The summed E-state index contributed by atoms with van der Waals surface area (Å²) in [5, 5.41) is 8.70. The van der Waals surface area contributed by atoms with Gasteiger partial charge >= 0.3 is 5.69 Å². The van der Waals surface area contributed by atoms with E-state index in [1.807, 2.05) is 19.1 Å². The first-order valence-corrected chi connectivity index (χ1v) is 6.28. The van der Waals surface area contributed by atoms with Crippen molar-refractivity contribution in [1.82, 2.24) is 9.55 Å². The van der Waals surface area contributed by atoms with Crippen molar-refractivity contribution in [3.05, 3.63) is 57.8 Å². The number of aryl methyl sites for hydroxylation is 2. The molecule has 0 aliphatic carbocycles. The lowest BCUT2D eigenvalue weighted by Crippen LogP contribution is -2.27. The van der Waals surface area contributed by atoms with E-state index >= 15 is 0 Å². The Kier molecular flexibility index (Phi) is 4.16. The summed E-state index contributed by atoms with van der Waals surface area (Å²) in [6.45, 7) is 4.49. The summed E-state index contributed by atoms with van der Waals surface area (Å²) >= 11 is 0. The van der Waals surface area contributed by atoms with Gasteiger partial charge < -0.3 is 4.74 Å². The van der Waals surface area contributed by atoms with Gasteiger partial charge in [0.2, 0.25) is 0 Å². The Morgan fingerprint density at radius 1 is 1.30 bits per heavy atom. The van der Waals surface area contributed by atoms with E-state index in [9.17, 15) is 4.79 Å². The predicted octanol–water partition coefficient (Wildman–Crippen LogP) is 1.81. The van der Waals surface area contributed by atoms with Crippen LogP contribution in [-0.4, -0.2) is 16.2 Å². The van der Waals surface area contributed by atoms with Crippen LogP contribution in [0.4, 0.5) is 0 Å². The third-order valence-electron chi connectivity index (χ3n) is 2.91. The second-order valence-corrected chi connectivity index (χ2v) is 4.46. The van der Waals surface area contributed by atoms with Crippen LogP contribution in [-0.2, 0) is 6.54 Å². The minimum absolute atomic E-state index is 0.258. The van der Waals surface area contributed by atoms with Crippen LogP contribution >= 0.6 is 0 Å². The van der Waals surface area contributed by atoms with Gasteiger partial charge in [0.1, 0.15) is 12.4 Å². The second kappa shape index (κ2) is 6.02. The highest BCUT2D eigenvalue weighted by molar-refractivity contribution is 5.34. The Balaban J connectivity index is 1.99. The smallest absolute Gasteiger partial charge is 0.348 e. The number of benzene rings is 1. The third-order valence-corrected chi connectivity index (χ3v) is 2.91. The molecule has 0 saturated carbocycles. The van der Waals surface area contributed by atoms with Crippen molar-refractivity contribution >= 4 is 0 Å². The number of hydrogen-bond acceptors (Lipinski definition) is 4. The topological polar surface area (TPSA) is 67.9 Å².